The molecule has 1 aliphatic carbocycles. The molecule has 1 N–H and O–H groups in total. The SMILES string of the molecule is CN(C)c1ncccc1NC(=O)c1ccc2c(c1)Cc1ccccc1-2. The standard InChI is InChI=1S/C21H19N3O/c1-24(2)20-19(8-5-11-22-20)23-21(25)15-9-10-18-16(13-15)12-14-6-3-4-7-17(14)18/h3-11,13H,12H2,1-2H3,(H,23,25). The summed E-state index contributed by atoms with van der Waals surface area (Å²) in [7, 11) is 3.81. The summed E-state index contributed by atoms with van der Waals surface area (Å²) in [6.45, 7) is 0. The van der Waals surface area contributed by atoms with Crippen LogP contribution in [0.2, 0.25) is 0 Å². The number of hydrogen-bond acceptors (Lipinski definition) is 3. The molecule has 4 nitrogen and oxygen atoms in total. The number of nitrogens with one attached hydrogen (secondary N) is 1. The van der Waals surface area contributed by atoms with Crippen LogP contribution in [0.4, 0.5) is 11.5 Å². The molecule has 124 valence electrons. The van der Waals surface area contributed by atoms with E-state index in [0.29, 0.717) is 11.3 Å². The largest absolute Gasteiger partial charge is 0.361 e. The lowest BCUT2D eigenvalue weighted by Crippen LogP contribution is -2.17. The Morgan fingerprint density at radius 1 is 1.00 bits per heavy atom. The van der Waals surface area contributed by atoms with Crippen molar-refractivity contribution in [1.29, 1.82) is 0 Å². The minimum absolute atomic E-state index is 0.116. The average Bonchev–Trinajstić information content (AvgIpc) is 2.99. The number of anilines is 2. The highest BCUT2D eigenvalue weighted by atomic mass is 16.1. The Kier molecular flexibility index (Phi) is 3.73. The zero-order chi connectivity index (χ0) is 17.4. The van der Waals surface area contributed by atoms with Crippen LogP contribution in [0.25, 0.3) is 11.1 Å². The van der Waals surface area contributed by atoms with E-state index in [-0.39, 0.29) is 5.91 Å². The Morgan fingerprint density at radius 3 is 2.64 bits per heavy atom. The van der Waals surface area contributed by atoms with Crippen molar-refractivity contribution in [3.63, 3.8) is 0 Å². The molecule has 1 amide bonds. The Morgan fingerprint density at radius 2 is 1.80 bits per heavy atom. The second-order valence-electron chi connectivity index (χ2n) is 6.43. The van der Waals surface area contributed by atoms with E-state index in [1.807, 2.05) is 49.3 Å². The van der Waals surface area contributed by atoms with Gasteiger partial charge in [-0.05, 0) is 52.9 Å². The quantitative estimate of drug-likeness (QED) is 0.618. The number of carbonyl (C=O) groups excluding carboxylic acids is 1. The van der Waals surface area contributed by atoms with E-state index in [1.54, 1.807) is 6.20 Å². The molecule has 25 heavy (non-hydrogen) atoms. The first-order chi connectivity index (χ1) is 12.1. The lowest BCUT2D eigenvalue weighted by atomic mass is 10.0. The summed E-state index contributed by atoms with van der Waals surface area (Å²) >= 11 is 0. The van der Waals surface area contributed by atoms with Crippen LogP contribution in [0.15, 0.2) is 60.8 Å². The predicted molar refractivity (Wildman–Crippen MR) is 101 cm³/mol. The van der Waals surface area contributed by atoms with E-state index in [0.717, 1.165) is 12.2 Å². The van der Waals surface area contributed by atoms with Crippen molar-refractivity contribution in [2.24, 2.45) is 0 Å². The summed E-state index contributed by atoms with van der Waals surface area (Å²) in [5, 5.41) is 2.98. The molecule has 0 aliphatic heterocycles. The highest BCUT2D eigenvalue weighted by molar-refractivity contribution is 6.06. The van der Waals surface area contributed by atoms with Crippen molar-refractivity contribution in [2.75, 3.05) is 24.3 Å². The number of amides is 1. The van der Waals surface area contributed by atoms with Crippen molar-refractivity contribution in [2.45, 2.75) is 6.42 Å². The molecule has 0 spiro atoms. The van der Waals surface area contributed by atoms with E-state index < -0.39 is 0 Å². The average molecular weight is 329 g/mol. The van der Waals surface area contributed by atoms with E-state index in [4.69, 9.17) is 0 Å². The molecule has 0 saturated heterocycles. The smallest absolute Gasteiger partial charge is 0.255 e. The molecule has 1 aliphatic rings. The van der Waals surface area contributed by atoms with Crippen molar-refractivity contribution in [1.82, 2.24) is 4.98 Å². The topological polar surface area (TPSA) is 45.2 Å². The molecule has 0 radical (unpaired) electrons. The van der Waals surface area contributed by atoms with E-state index >= 15 is 0 Å². The molecule has 0 atom stereocenters. The summed E-state index contributed by atoms with van der Waals surface area (Å²) in [6, 6.07) is 18.0. The summed E-state index contributed by atoms with van der Waals surface area (Å²) in [5.74, 6) is 0.624. The van der Waals surface area contributed by atoms with Crippen LogP contribution in [0, 0.1) is 0 Å². The number of pyridine rings is 1. The van der Waals surface area contributed by atoms with Gasteiger partial charge >= 0.3 is 0 Å². The van der Waals surface area contributed by atoms with Crippen LogP contribution in [0.3, 0.4) is 0 Å². The molecule has 0 saturated carbocycles. The number of rotatable bonds is 3. The lowest BCUT2D eigenvalue weighted by Gasteiger charge is -2.16. The van der Waals surface area contributed by atoms with E-state index in [1.165, 1.54) is 22.3 Å². The minimum Gasteiger partial charge on any atom is -0.361 e. The van der Waals surface area contributed by atoms with Gasteiger partial charge in [-0.2, -0.15) is 0 Å². The molecular weight excluding hydrogens is 310 g/mol. The summed E-state index contributed by atoms with van der Waals surface area (Å²) in [5.41, 5.74) is 6.39. The first kappa shape index (κ1) is 15.4. The van der Waals surface area contributed by atoms with Crippen molar-refractivity contribution in [3.8, 4) is 11.1 Å². The van der Waals surface area contributed by atoms with Crippen LogP contribution in [-0.4, -0.2) is 25.0 Å². The molecule has 3 aromatic rings. The Hall–Kier alpha value is -3.14. The van der Waals surface area contributed by atoms with Gasteiger partial charge in [-0.15, -0.1) is 0 Å². The van der Waals surface area contributed by atoms with Crippen LogP contribution < -0.4 is 10.2 Å². The fraction of sp³-hybridized carbons (Fsp3) is 0.143. The third kappa shape index (κ3) is 2.76. The van der Waals surface area contributed by atoms with Gasteiger partial charge < -0.3 is 10.2 Å². The van der Waals surface area contributed by atoms with E-state index in [9.17, 15) is 4.79 Å². The van der Waals surface area contributed by atoms with Gasteiger partial charge in [0.25, 0.3) is 5.91 Å². The fourth-order valence-corrected chi connectivity index (χ4v) is 3.33. The minimum atomic E-state index is -0.116. The maximum atomic E-state index is 12.7. The van der Waals surface area contributed by atoms with Crippen LogP contribution >= 0.6 is 0 Å². The Bertz CT molecular complexity index is 963. The summed E-state index contributed by atoms with van der Waals surface area (Å²) in [4.78, 5) is 18.9. The Labute approximate surface area is 147 Å². The summed E-state index contributed by atoms with van der Waals surface area (Å²) < 4.78 is 0. The fourth-order valence-electron chi connectivity index (χ4n) is 3.33. The maximum absolute atomic E-state index is 12.7. The van der Waals surface area contributed by atoms with Gasteiger partial charge in [0.1, 0.15) is 0 Å². The monoisotopic (exact) mass is 329 g/mol. The second kappa shape index (κ2) is 6.06. The first-order valence-corrected chi connectivity index (χ1v) is 8.28. The molecule has 2 aromatic carbocycles. The van der Waals surface area contributed by atoms with Crippen molar-refractivity contribution >= 4 is 17.4 Å². The molecule has 1 heterocycles. The molecule has 1 aromatic heterocycles. The van der Waals surface area contributed by atoms with Gasteiger partial charge in [0.2, 0.25) is 0 Å². The third-order valence-electron chi connectivity index (χ3n) is 4.51. The number of aromatic nitrogens is 1. The molecule has 0 unspecified atom stereocenters. The third-order valence-corrected chi connectivity index (χ3v) is 4.51. The number of nitrogens with zero attached hydrogens (tertiary/aromatic N) is 2. The molecule has 0 fully saturated rings. The number of hydrogen-bond donors (Lipinski definition) is 1. The molecule has 4 rings (SSSR count). The van der Waals surface area contributed by atoms with Gasteiger partial charge in [0.05, 0.1) is 5.69 Å². The number of fused-ring (bicyclic) bond motifs is 3. The van der Waals surface area contributed by atoms with E-state index in [2.05, 4.69) is 34.6 Å². The predicted octanol–water partition coefficient (Wildman–Crippen LogP) is 3.97. The molecular formula is C21H19N3O. The number of benzene rings is 2. The van der Waals surface area contributed by atoms with Gasteiger partial charge in [0.15, 0.2) is 5.82 Å². The Balaban J connectivity index is 1.62. The van der Waals surface area contributed by atoms with Crippen LogP contribution in [0.1, 0.15) is 21.5 Å². The first-order valence-electron chi connectivity index (χ1n) is 8.28. The van der Waals surface area contributed by atoms with Crippen LogP contribution in [-0.2, 0) is 6.42 Å². The highest BCUT2D eigenvalue weighted by Crippen LogP contribution is 2.36. The maximum Gasteiger partial charge on any atom is 0.255 e. The van der Waals surface area contributed by atoms with Gasteiger partial charge in [-0.3, -0.25) is 4.79 Å². The molecule has 0 bridgehead atoms. The van der Waals surface area contributed by atoms with Crippen molar-refractivity contribution in [3.05, 3.63) is 77.5 Å². The van der Waals surface area contributed by atoms with Gasteiger partial charge in [0, 0.05) is 25.9 Å². The normalized spacial score (nSPS) is 11.6. The van der Waals surface area contributed by atoms with Gasteiger partial charge in [-0.25, -0.2) is 4.98 Å². The van der Waals surface area contributed by atoms with Gasteiger partial charge in [-0.1, -0.05) is 30.3 Å². The lowest BCUT2D eigenvalue weighted by molar-refractivity contribution is 0.102. The summed E-state index contributed by atoms with van der Waals surface area (Å²) in [6.07, 6.45) is 2.60. The molecule has 4 heteroatoms. The number of carbonyl (C=O) groups is 1. The highest BCUT2D eigenvalue weighted by Gasteiger charge is 2.19. The van der Waals surface area contributed by atoms with Crippen LogP contribution in [0.5, 0.6) is 0 Å². The van der Waals surface area contributed by atoms with Crippen molar-refractivity contribution < 1.29 is 4.79 Å². The zero-order valence-electron chi connectivity index (χ0n) is 14.3. The zero-order valence-corrected chi connectivity index (χ0v) is 14.3. The second-order valence-corrected chi connectivity index (χ2v) is 6.43.